The molecule has 0 amide bonds. The average molecular weight is 777 g/mol. The molecule has 0 saturated carbocycles. The quantitative estimate of drug-likeness (QED) is 0.168. The number of benzene rings is 9. The molecule has 0 radical (unpaired) electrons. The molecule has 0 aliphatic rings. The zero-order valence-corrected chi connectivity index (χ0v) is 34.7. The van der Waals surface area contributed by atoms with E-state index in [0.717, 1.165) is 88.2 Å². The molecule has 0 unspecified atom stereocenters. The van der Waals surface area contributed by atoms with Gasteiger partial charge in [0.05, 0.1) is 0 Å². The highest BCUT2D eigenvalue weighted by Crippen LogP contribution is 2.44. The summed E-state index contributed by atoms with van der Waals surface area (Å²) < 4.78 is 13.4. The highest BCUT2D eigenvalue weighted by Gasteiger charge is 2.20. The molecule has 4 heteroatoms. The van der Waals surface area contributed by atoms with Gasteiger partial charge in [-0.25, -0.2) is 0 Å². The van der Waals surface area contributed by atoms with Crippen LogP contribution in [0.1, 0.15) is 33.4 Å². The maximum atomic E-state index is 6.68. The number of anilines is 6. The van der Waals surface area contributed by atoms with E-state index in [0.29, 0.717) is 0 Å². The van der Waals surface area contributed by atoms with Gasteiger partial charge < -0.3 is 18.6 Å². The van der Waals surface area contributed by atoms with E-state index in [4.69, 9.17) is 8.83 Å². The van der Waals surface area contributed by atoms with Crippen molar-refractivity contribution >= 4 is 99.5 Å². The minimum atomic E-state index is 0.852. The van der Waals surface area contributed by atoms with Crippen molar-refractivity contribution in [2.75, 3.05) is 9.80 Å². The number of nitrogens with zero attached hydrogens (tertiary/aromatic N) is 2. The minimum absolute atomic E-state index is 0.852. The number of rotatable bonds is 6. The van der Waals surface area contributed by atoms with Crippen LogP contribution >= 0.6 is 0 Å². The van der Waals surface area contributed by atoms with Crippen LogP contribution in [0.15, 0.2) is 167 Å². The molecule has 0 atom stereocenters. The third kappa shape index (κ3) is 5.82. The first-order valence-electron chi connectivity index (χ1n) is 20.7. The van der Waals surface area contributed by atoms with E-state index < -0.39 is 0 Å². The molecule has 0 fully saturated rings. The fraction of sp³-hybridized carbons (Fsp3) is 0.107. The van der Waals surface area contributed by atoms with Gasteiger partial charge in [0.1, 0.15) is 22.3 Å². The van der Waals surface area contributed by atoms with Crippen molar-refractivity contribution < 1.29 is 8.83 Å². The zero-order valence-electron chi connectivity index (χ0n) is 34.7. The maximum Gasteiger partial charge on any atom is 0.136 e. The Morgan fingerprint density at radius 1 is 0.317 bits per heavy atom. The Morgan fingerprint density at radius 3 is 1.10 bits per heavy atom. The van der Waals surface area contributed by atoms with Crippen LogP contribution in [0.3, 0.4) is 0 Å². The van der Waals surface area contributed by atoms with E-state index in [-0.39, 0.29) is 0 Å². The van der Waals surface area contributed by atoms with Gasteiger partial charge in [0.15, 0.2) is 0 Å². The predicted molar refractivity (Wildman–Crippen MR) is 254 cm³/mol. The second kappa shape index (κ2) is 13.6. The van der Waals surface area contributed by atoms with Crippen molar-refractivity contribution in [2.24, 2.45) is 0 Å². The molecule has 2 aromatic heterocycles. The SMILES string of the molecule is Cc1ccc(N(c2ccc3cc4c(cc3c2)oc2cc3c(cc24)oc2cc4cc(N(c5ccc(C)cc5)c5cccc(C)c5C)ccc4cc23)c2cccc(C)c2C)cc1. The largest absolute Gasteiger partial charge is 0.456 e. The summed E-state index contributed by atoms with van der Waals surface area (Å²) in [6.45, 7) is 13.0. The smallest absolute Gasteiger partial charge is 0.136 e. The second-order valence-corrected chi connectivity index (χ2v) is 16.6. The molecule has 0 spiro atoms. The summed E-state index contributed by atoms with van der Waals surface area (Å²) in [6.07, 6.45) is 0. The summed E-state index contributed by atoms with van der Waals surface area (Å²) in [4.78, 5) is 4.72. The number of fused-ring (bicyclic) bond motifs is 8. The number of hydrogen-bond donors (Lipinski definition) is 0. The molecular weight excluding hydrogens is 733 g/mol. The van der Waals surface area contributed by atoms with Gasteiger partial charge in [-0.05, 0) is 182 Å². The van der Waals surface area contributed by atoms with Gasteiger partial charge in [-0.2, -0.15) is 0 Å². The number of hydrogen-bond acceptors (Lipinski definition) is 4. The van der Waals surface area contributed by atoms with Gasteiger partial charge >= 0.3 is 0 Å². The van der Waals surface area contributed by atoms with Gasteiger partial charge in [-0.1, -0.05) is 71.8 Å². The van der Waals surface area contributed by atoms with Crippen LogP contribution in [0.2, 0.25) is 0 Å². The van der Waals surface area contributed by atoms with Crippen LogP contribution < -0.4 is 9.80 Å². The van der Waals surface area contributed by atoms with E-state index in [1.165, 1.54) is 44.8 Å². The Hall–Kier alpha value is -7.30. The standard InChI is InChI=1S/C56H44N2O2/c1-33-13-19-43(20-14-33)57(51-11-7-9-35(3)37(51)5)45-23-17-39-27-47-49-31-56-50(32-55(49)59-53(47)29-41(39)25-45)48-28-40-18-24-46(26-42(40)30-54(48)60-56)58(44-21-15-34(2)16-22-44)52-12-8-10-36(4)38(52)6/h7-32H,1-6H3. The molecule has 9 aromatic carbocycles. The molecule has 11 aromatic rings. The third-order valence-corrected chi connectivity index (χ3v) is 12.7. The van der Waals surface area contributed by atoms with Crippen LogP contribution in [0.4, 0.5) is 34.1 Å². The number of furan rings is 2. The van der Waals surface area contributed by atoms with Gasteiger partial charge in [0.25, 0.3) is 0 Å². The molecule has 290 valence electrons. The molecule has 0 N–H and O–H groups in total. The van der Waals surface area contributed by atoms with E-state index in [1.807, 2.05) is 0 Å². The predicted octanol–water partition coefficient (Wildman–Crippen LogP) is 16.6. The average Bonchev–Trinajstić information content (AvgIpc) is 3.78. The molecule has 0 aliphatic carbocycles. The fourth-order valence-corrected chi connectivity index (χ4v) is 8.98. The van der Waals surface area contributed by atoms with Crippen LogP contribution in [0, 0.1) is 41.5 Å². The van der Waals surface area contributed by atoms with Gasteiger partial charge in [-0.15, -0.1) is 0 Å². The third-order valence-electron chi connectivity index (χ3n) is 12.7. The van der Waals surface area contributed by atoms with Crippen molar-refractivity contribution in [2.45, 2.75) is 41.5 Å². The summed E-state index contributed by atoms with van der Waals surface area (Å²) in [5, 5.41) is 8.82. The summed E-state index contributed by atoms with van der Waals surface area (Å²) >= 11 is 0. The fourth-order valence-electron chi connectivity index (χ4n) is 8.98. The van der Waals surface area contributed by atoms with E-state index in [2.05, 4.69) is 209 Å². The first-order valence-corrected chi connectivity index (χ1v) is 20.7. The van der Waals surface area contributed by atoms with Crippen LogP contribution in [0.25, 0.3) is 65.4 Å². The van der Waals surface area contributed by atoms with Crippen LogP contribution in [-0.4, -0.2) is 0 Å². The lowest BCUT2D eigenvalue weighted by atomic mass is 10.0. The Balaban J connectivity index is 1.01. The van der Waals surface area contributed by atoms with Crippen molar-refractivity contribution in [1.29, 1.82) is 0 Å². The van der Waals surface area contributed by atoms with Gasteiger partial charge in [-0.3, -0.25) is 0 Å². The van der Waals surface area contributed by atoms with Gasteiger partial charge in [0.2, 0.25) is 0 Å². The first kappa shape index (κ1) is 35.8. The molecule has 2 heterocycles. The summed E-state index contributed by atoms with van der Waals surface area (Å²) in [6, 6.07) is 57.3. The summed E-state index contributed by atoms with van der Waals surface area (Å²) in [7, 11) is 0. The van der Waals surface area contributed by atoms with Crippen LogP contribution in [0.5, 0.6) is 0 Å². The summed E-state index contributed by atoms with van der Waals surface area (Å²) in [5.74, 6) is 0. The molecular formula is C56H44N2O2. The first-order chi connectivity index (χ1) is 29.2. The molecule has 60 heavy (non-hydrogen) atoms. The Bertz CT molecular complexity index is 3260. The van der Waals surface area contributed by atoms with Crippen molar-refractivity contribution in [3.63, 3.8) is 0 Å². The highest BCUT2D eigenvalue weighted by molar-refractivity contribution is 6.18. The Kier molecular flexibility index (Phi) is 8.15. The van der Waals surface area contributed by atoms with E-state index in [1.54, 1.807) is 0 Å². The zero-order chi connectivity index (χ0) is 40.8. The van der Waals surface area contributed by atoms with Crippen molar-refractivity contribution in [3.8, 4) is 0 Å². The monoisotopic (exact) mass is 776 g/mol. The van der Waals surface area contributed by atoms with Crippen LogP contribution in [-0.2, 0) is 0 Å². The minimum Gasteiger partial charge on any atom is -0.456 e. The lowest BCUT2D eigenvalue weighted by Gasteiger charge is -2.28. The van der Waals surface area contributed by atoms with E-state index >= 15 is 0 Å². The van der Waals surface area contributed by atoms with Crippen molar-refractivity contribution in [1.82, 2.24) is 0 Å². The second-order valence-electron chi connectivity index (χ2n) is 16.6. The Morgan fingerprint density at radius 2 is 0.683 bits per heavy atom. The maximum absolute atomic E-state index is 6.68. The van der Waals surface area contributed by atoms with Gasteiger partial charge in [0, 0.05) is 55.7 Å². The molecule has 0 aliphatic heterocycles. The van der Waals surface area contributed by atoms with Crippen molar-refractivity contribution in [3.05, 3.63) is 191 Å². The molecule has 4 nitrogen and oxygen atoms in total. The molecule has 0 bridgehead atoms. The highest BCUT2D eigenvalue weighted by atomic mass is 16.3. The molecule has 0 saturated heterocycles. The topological polar surface area (TPSA) is 32.8 Å². The lowest BCUT2D eigenvalue weighted by molar-refractivity contribution is 0.664. The summed E-state index contributed by atoms with van der Waals surface area (Å²) in [5.41, 5.74) is 17.8. The lowest BCUT2D eigenvalue weighted by Crippen LogP contribution is -2.11. The van der Waals surface area contributed by atoms with E-state index in [9.17, 15) is 0 Å². The Labute approximate surface area is 349 Å². The molecule has 11 rings (SSSR count). The number of aryl methyl sites for hydroxylation is 4. The normalized spacial score (nSPS) is 11.8.